The zero-order chi connectivity index (χ0) is 11.8. The average molecular weight is 220 g/mol. The number of fused-ring (bicyclic) bond motifs is 1. The Bertz CT molecular complexity index is 315. The van der Waals surface area contributed by atoms with Gasteiger partial charge in [0.2, 0.25) is 0 Å². The minimum Gasteiger partial charge on any atom is -0.392 e. The lowest BCUT2D eigenvalue weighted by Crippen LogP contribution is -2.37. The van der Waals surface area contributed by atoms with Crippen LogP contribution in [0.15, 0.2) is 23.8 Å². The predicted molar refractivity (Wildman–Crippen MR) is 68.2 cm³/mol. The van der Waals surface area contributed by atoms with Gasteiger partial charge in [0.1, 0.15) is 0 Å². The highest BCUT2D eigenvalue weighted by molar-refractivity contribution is 5.17. The van der Waals surface area contributed by atoms with E-state index in [0.29, 0.717) is 11.3 Å². The van der Waals surface area contributed by atoms with E-state index in [9.17, 15) is 5.11 Å². The van der Waals surface area contributed by atoms with Crippen molar-refractivity contribution in [3.05, 3.63) is 23.8 Å². The largest absolute Gasteiger partial charge is 0.392 e. The van der Waals surface area contributed by atoms with Crippen molar-refractivity contribution in [2.75, 3.05) is 6.61 Å². The van der Waals surface area contributed by atoms with Gasteiger partial charge in [-0.3, -0.25) is 0 Å². The second kappa shape index (κ2) is 4.37. The van der Waals surface area contributed by atoms with E-state index < -0.39 is 0 Å². The van der Waals surface area contributed by atoms with Gasteiger partial charge in [0.25, 0.3) is 0 Å². The lowest BCUT2D eigenvalue weighted by molar-refractivity contribution is 0.0943. The summed E-state index contributed by atoms with van der Waals surface area (Å²) in [7, 11) is 0. The molecule has 1 heteroatoms. The maximum absolute atomic E-state index is 9.20. The molecule has 0 aromatic heterocycles. The molecule has 3 atom stereocenters. The molecular weight excluding hydrogens is 196 g/mol. The fraction of sp³-hybridized carbons (Fsp3) is 0.733. The summed E-state index contributed by atoms with van der Waals surface area (Å²) in [6, 6.07) is 0. The number of rotatable bonds is 2. The van der Waals surface area contributed by atoms with Gasteiger partial charge >= 0.3 is 0 Å². The van der Waals surface area contributed by atoms with Gasteiger partial charge in [-0.05, 0) is 61.9 Å². The summed E-state index contributed by atoms with van der Waals surface area (Å²) in [5.41, 5.74) is 3.13. The number of aliphatic hydroxyl groups excluding tert-OH is 1. The third-order valence-electron chi connectivity index (χ3n) is 4.94. The van der Waals surface area contributed by atoms with Crippen molar-refractivity contribution in [2.24, 2.45) is 17.3 Å². The molecule has 0 heterocycles. The Hall–Kier alpha value is -0.560. The van der Waals surface area contributed by atoms with Crippen LogP contribution >= 0.6 is 0 Å². The van der Waals surface area contributed by atoms with Crippen LogP contribution in [-0.4, -0.2) is 11.7 Å². The Balaban J connectivity index is 2.15. The third-order valence-corrected chi connectivity index (χ3v) is 4.94. The van der Waals surface area contributed by atoms with Gasteiger partial charge in [-0.15, -0.1) is 0 Å². The number of aliphatic hydroxyl groups is 1. The summed E-state index contributed by atoms with van der Waals surface area (Å²) >= 11 is 0. The molecule has 1 saturated carbocycles. The molecule has 0 aromatic carbocycles. The maximum Gasteiger partial charge on any atom is 0.0641 e. The van der Waals surface area contributed by atoms with Crippen molar-refractivity contribution >= 4 is 0 Å². The normalized spacial score (nSPS) is 38.8. The lowest BCUT2D eigenvalue weighted by atomic mass is 9.57. The molecule has 1 fully saturated rings. The van der Waals surface area contributed by atoms with E-state index in [1.54, 1.807) is 5.57 Å². The SMILES string of the molecule is C=C(CO)[C@@H]1CC[C@@]2(C)CCC=C(C)[C@@H]2C1. The van der Waals surface area contributed by atoms with Crippen molar-refractivity contribution in [3.8, 4) is 0 Å². The monoisotopic (exact) mass is 220 g/mol. The highest BCUT2D eigenvalue weighted by Gasteiger charge is 2.41. The van der Waals surface area contributed by atoms with Crippen LogP contribution in [0.25, 0.3) is 0 Å². The molecule has 0 amide bonds. The number of allylic oxidation sites excluding steroid dienone is 2. The molecule has 2 aliphatic carbocycles. The molecule has 16 heavy (non-hydrogen) atoms. The Morgan fingerprint density at radius 3 is 3.00 bits per heavy atom. The molecule has 1 N–H and O–H groups in total. The Kier molecular flexibility index (Phi) is 3.25. The van der Waals surface area contributed by atoms with E-state index in [0.717, 1.165) is 11.5 Å². The van der Waals surface area contributed by atoms with E-state index >= 15 is 0 Å². The van der Waals surface area contributed by atoms with Crippen LogP contribution in [0.3, 0.4) is 0 Å². The first kappa shape index (κ1) is 11.9. The van der Waals surface area contributed by atoms with Crippen molar-refractivity contribution in [3.63, 3.8) is 0 Å². The van der Waals surface area contributed by atoms with Gasteiger partial charge in [-0.2, -0.15) is 0 Å². The summed E-state index contributed by atoms with van der Waals surface area (Å²) in [5, 5.41) is 9.20. The topological polar surface area (TPSA) is 20.2 Å². The predicted octanol–water partition coefficient (Wildman–Crippen LogP) is 3.70. The molecule has 0 spiro atoms. The minimum absolute atomic E-state index is 0.164. The van der Waals surface area contributed by atoms with Crippen LogP contribution < -0.4 is 0 Å². The second-order valence-corrected chi connectivity index (χ2v) is 5.98. The van der Waals surface area contributed by atoms with Crippen LogP contribution in [0.2, 0.25) is 0 Å². The highest BCUT2D eigenvalue weighted by atomic mass is 16.3. The van der Waals surface area contributed by atoms with Crippen LogP contribution in [-0.2, 0) is 0 Å². The molecule has 0 saturated heterocycles. The molecule has 90 valence electrons. The Morgan fingerprint density at radius 1 is 1.56 bits per heavy atom. The average Bonchev–Trinajstić information content (AvgIpc) is 2.27. The van der Waals surface area contributed by atoms with Crippen LogP contribution in [0.5, 0.6) is 0 Å². The second-order valence-electron chi connectivity index (χ2n) is 5.98. The number of hydrogen-bond acceptors (Lipinski definition) is 1. The van der Waals surface area contributed by atoms with Crippen molar-refractivity contribution in [2.45, 2.75) is 46.0 Å². The Morgan fingerprint density at radius 2 is 2.31 bits per heavy atom. The summed E-state index contributed by atoms with van der Waals surface area (Å²) < 4.78 is 0. The summed E-state index contributed by atoms with van der Waals surface area (Å²) in [4.78, 5) is 0. The van der Waals surface area contributed by atoms with Crippen LogP contribution in [0.4, 0.5) is 0 Å². The van der Waals surface area contributed by atoms with E-state index in [4.69, 9.17) is 0 Å². The smallest absolute Gasteiger partial charge is 0.0641 e. The molecular formula is C15H24O. The molecule has 0 unspecified atom stereocenters. The first-order chi connectivity index (χ1) is 7.57. The van der Waals surface area contributed by atoms with Crippen LogP contribution in [0.1, 0.15) is 46.0 Å². The fourth-order valence-electron chi connectivity index (χ4n) is 3.67. The number of hydrogen-bond donors (Lipinski definition) is 1. The van der Waals surface area contributed by atoms with Gasteiger partial charge in [-0.25, -0.2) is 0 Å². The van der Waals surface area contributed by atoms with Gasteiger partial charge in [0.05, 0.1) is 6.61 Å². The van der Waals surface area contributed by atoms with Crippen molar-refractivity contribution in [1.82, 2.24) is 0 Å². The summed E-state index contributed by atoms with van der Waals surface area (Å²) in [6.45, 7) is 8.91. The van der Waals surface area contributed by atoms with Gasteiger partial charge in [-0.1, -0.05) is 25.2 Å². The van der Waals surface area contributed by atoms with Gasteiger partial charge in [0, 0.05) is 0 Å². The third kappa shape index (κ3) is 1.98. The molecule has 2 aliphatic rings. The first-order valence-electron chi connectivity index (χ1n) is 6.52. The lowest BCUT2D eigenvalue weighted by Gasteiger charge is -2.48. The highest BCUT2D eigenvalue weighted by Crippen LogP contribution is 2.52. The Labute approximate surface area is 99.3 Å². The molecule has 0 aromatic rings. The standard InChI is InChI=1S/C15H24O/c1-11-5-4-7-15(3)8-6-13(9-14(11)15)12(2)10-16/h5,13-14,16H,2,4,6-10H2,1,3H3/t13-,14+,15-/m1/s1. The van der Waals surface area contributed by atoms with E-state index in [1.807, 2.05) is 0 Å². The van der Waals surface area contributed by atoms with Crippen molar-refractivity contribution in [1.29, 1.82) is 0 Å². The molecule has 1 nitrogen and oxygen atoms in total. The molecule has 0 radical (unpaired) electrons. The van der Waals surface area contributed by atoms with Crippen LogP contribution in [0, 0.1) is 17.3 Å². The van der Waals surface area contributed by atoms with Gasteiger partial charge in [0.15, 0.2) is 0 Å². The van der Waals surface area contributed by atoms with E-state index in [1.165, 1.54) is 32.1 Å². The maximum atomic E-state index is 9.20. The molecule has 0 bridgehead atoms. The quantitative estimate of drug-likeness (QED) is 0.704. The minimum atomic E-state index is 0.164. The molecule has 0 aliphatic heterocycles. The van der Waals surface area contributed by atoms with Crippen molar-refractivity contribution < 1.29 is 5.11 Å². The zero-order valence-electron chi connectivity index (χ0n) is 10.6. The van der Waals surface area contributed by atoms with Gasteiger partial charge < -0.3 is 5.11 Å². The fourth-order valence-corrected chi connectivity index (χ4v) is 3.67. The summed E-state index contributed by atoms with van der Waals surface area (Å²) in [6.07, 6.45) is 8.73. The van der Waals surface area contributed by atoms with E-state index in [-0.39, 0.29) is 6.61 Å². The molecule has 2 rings (SSSR count). The summed E-state index contributed by atoms with van der Waals surface area (Å²) in [5.74, 6) is 1.27. The zero-order valence-corrected chi connectivity index (χ0v) is 10.6. The first-order valence-corrected chi connectivity index (χ1v) is 6.52. The van der Waals surface area contributed by atoms with E-state index in [2.05, 4.69) is 26.5 Å².